The third-order valence-electron chi connectivity index (χ3n) is 6.49. The lowest BCUT2D eigenvalue weighted by atomic mass is 10.0. The molecule has 0 spiro atoms. The minimum Gasteiger partial charge on any atom is -0.496 e. The number of fused-ring (bicyclic) bond motifs is 1. The van der Waals surface area contributed by atoms with Crippen LogP contribution in [0.1, 0.15) is 28.0 Å². The normalized spacial score (nSPS) is 17.0. The number of nitrogens with zero attached hydrogens (tertiary/aromatic N) is 4. The monoisotopic (exact) mass is 477 g/mol. The number of hydrogen-bond acceptors (Lipinski definition) is 8. The lowest BCUT2D eigenvalue weighted by Crippen LogP contribution is -2.28. The van der Waals surface area contributed by atoms with E-state index in [0.29, 0.717) is 24.5 Å². The minimum absolute atomic E-state index is 0.0781. The number of hydrogen-bond donors (Lipinski definition) is 3. The van der Waals surface area contributed by atoms with Gasteiger partial charge in [-0.1, -0.05) is 6.07 Å². The third kappa shape index (κ3) is 4.15. The highest BCUT2D eigenvalue weighted by molar-refractivity contribution is 6.06. The van der Waals surface area contributed by atoms with Gasteiger partial charge in [0.05, 0.1) is 29.7 Å². The van der Waals surface area contributed by atoms with Crippen molar-refractivity contribution in [2.75, 3.05) is 42.5 Å². The SMILES string of the molecule is COc1cccc(F)c1-c1nccc(C(=O)Nc2cc(C)c3c(c2N2CCC(N)C2)CNN3C)n1. The van der Waals surface area contributed by atoms with E-state index in [1.165, 1.54) is 25.4 Å². The second kappa shape index (κ2) is 9.12. The number of aromatic nitrogens is 2. The van der Waals surface area contributed by atoms with Crippen molar-refractivity contribution in [3.63, 3.8) is 0 Å². The summed E-state index contributed by atoms with van der Waals surface area (Å²) in [4.78, 5) is 24.1. The Bertz CT molecular complexity index is 1300. The van der Waals surface area contributed by atoms with Crippen LogP contribution in [0.4, 0.5) is 21.5 Å². The average Bonchev–Trinajstić information content (AvgIpc) is 3.45. The highest BCUT2D eigenvalue weighted by Crippen LogP contribution is 2.42. The van der Waals surface area contributed by atoms with E-state index < -0.39 is 11.7 Å². The Hall–Kier alpha value is -3.76. The highest BCUT2D eigenvalue weighted by Gasteiger charge is 2.31. The summed E-state index contributed by atoms with van der Waals surface area (Å²) in [5.41, 5.74) is 14.7. The van der Waals surface area contributed by atoms with Crippen molar-refractivity contribution in [1.82, 2.24) is 15.4 Å². The fraction of sp³-hybridized carbons (Fsp3) is 0.320. The van der Waals surface area contributed by atoms with Crippen molar-refractivity contribution >= 4 is 23.0 Å². The molecule has 9 nitrogen and oxygen atoms in total. The summed E-state index contributed by atoms with van der Waals surface area (Å²) in [5.74, 6) is -0.567. The number of nitrogens with one attached hydrogen (secondary N) is 2. The Morgan fingerprint density at radius 2 is 2.14 bits per heavy atom. The number of benzene rings is 2. The Kier molecular flexibility index (Phi) is 6.00. The van der Waals surface area contributed by atoms with Crippen LogP contribution in [0.15, 0.2) is 36.5 Å². The van der Waals surface area contributed by atoms with Crippen molar-refractivity contribution in [3.8, 4) is 17.1 Å². The Morgan fingerprint density at radius 3 is 2.89 bits per heavy atom. The lowest BCUT2D eigenvalue weighted by Gasteiger charge is -2.26. The van der Waals surface area contributed by atoms with Gasteiger partial charge in [-0.25, -0.2) is 19.8 Å². The van der Waals surface area contributed by atoms with Crippen molar-refractivity contribution in [1.29, 1.82) is 0 Å². The number of halogens is 1. The predicted octanol–water partition coefficient (Wildman–Crippen LogP) is 2.84. The van der Waals surface area contributed by atoms with Gasteiger partial charge in [0, 0.05) is 44.5 Å². The fourth-order valence-corrected chi connectivity index (χ4v) is 4.91. The summed E-state index contributed by atoms with van der Waals surface area (Å²) in [6.07, 6.45) is 2.33. The number of amides is 1. The minimum atomic E-state index is -0.527. The molecule has 1 saturated heterocycles. The summed E-state index contributed by atoms with van der Waals surface area (Å²) in [7, 11) is 3.43. The summed E-state index contributed by atoms with van der Waals surface area (Å²) >= 11 is 0. The maximum atomic E-state index is 14.6. The molecule has 182 valence electrons. The molecule has 5 rings (SSSR count). The van der Waals surface area contributed by atoms with Crippen molar-refractivity contribution in [2.24, 2.45) is 5.73 Å². The van der Waals surface area contributed by atoms with Gasteiger partial charge < -0.3 is 25.7 Å². The lowest BCUT2D eigenvalue weighted by molar-refractivity contribution is 0.102. The summed E-state index contributed by atoms with van der Waals surface area (Å²) < 4.78 is 19.9. The molecule has 0 radical (unpaired) electrons. The maximum absolute atomic E-state index is 14.6. The van der Waals surface area contributed by atoms with Gasteiger partial charge in [0.15, 0.2) is 5.82 Å². The van der Waals surface area contributed by atoms with Gasteiger partial charge in [-0.3, -0.25) is 4.79 Å². The van der Waals surface area contributed by atoms with Gasteiger partial charge in [-0.05, 0) is 43.2 Å². The molecule has 2 aromatic carbocycles. The maximum Gasteiger partial charge on any atom is 0.274 e. The molecule has 0 saturated carbocycles. The first-order valence-electron chi connectivity index (χ1n) is 11.5. The van der Waals surface area contributed by atoms with Crippen LogP contribution in [0.5, 0.6) is 5.75 Å². The van der Waals surface area contributed by atoms with Crippen molar-refractivity contribution in [2.45, 2.75) is 25.9 Å². The molecule has 2 aliphatic rings. The molecule has 10 heteroatoms. The molecule has 1 aromatic heterocycles. The number of aryl methyl sites for hydroxylation is 1. The predicted molar refractivity (Wildman–Crippen MR) is 133 cm³/mol. The molecule has 1 unspecified atom stereocenters. The van der Waals surface area contributed by atoms with E-state index in [0.717, 1.165) is 35.5 Å². The highest BCUT2D eigenvalue weighted by atomic mass is 19.1. The van der Waals surface area contributed by atoms with Gasteiger partial charge in [0.25, 0.3) is 5.91 Å². The number of methoxy groups -OCH3 is 1. The van der Waals surface area contributed by atoms with Gasteiger partial charge in [-0.2, -0.15) is 0 Å². The zero-order chi connectivity index (χ0) is 24.7. The van der Waals surface area contributed by atoms with E-state index in [1.54, 1.807) is 12.1 Å². The Morgan fingerprint density at radius 1 is 1.31 bits per heavy atom. The second-order valence-corrected chi connectivity index (χ2v) is 8.84. The van der Waals surface area contributed by atoms with E-state index in [1.807, 2.05) is 25.0 Å². The molecule has 3 heterocycles. The number of carbonyl (C=O) groups excluding carboxylic acids is 1. The summed E-state index contributed by atoms with van der Waals surface area (Å²) in [5, 5.41) is 5.05. The number of carbonyl (C=O) groups is 1. The van der Waals surface area contributed by atoms with E-state index in [2.05, 4.69) is 25.6 Å². The number of rotatable bonds is 5. The van der Waals surface area contributed by atoms with Crippen molar-refractivity contribution < 1.29 is 13.9 Å². The van der Waals surface area contributed by atoms with E-state index in [9.17, 15) is 9.18 Å². The first kappa shape index (κ1) is 23.0. The summed E-state index contributed by atoms with van der Waals surface area (Å²) in [6.45, 7) is 4.20. The second-order valence-electron chi connectivity index (χ2n) is 8.84. The van der Waals surface area contributed by atoms with Crippen LogP contribution in [0.3, 0.4) is 0 Å². The zero-order valence-electron chi connectivity index (χ0n) is 19.9. The van der Waals surface area contributed by atoms with Gasteiger partial charge in [-0.15, -0.1) is 0 Å². The van der Waals surface area contributed by atoms with Gasteiger partial charge in [0.1, 0.15) is 17.3 Å². The number of anilines is 3. The number of ether oxygens (including phenoxy) is 1. The fourth-order valence-electron chi connectivity index (χ4n) is 4.91. The molecule has 2 aliphatic heterocycles. The van der Waals surface area contributed by atoms with E-state index in [-0.39, 0.29) is 23.1 Å². The quantitative estimate of drug-likeness (QED) is 0.515. The molecule has 4 N–H and O–H groups in total. The molecule has 1 atom stereocenters. The molecule has 1 amide bonds. The van der Waals surface area contributed by atoms with Crippen molar-refractivity contribution in [3.05, 3.63) is 59.2 Å². The van der Waals surface area contributed by atoms with Crippen LogP contribution in [0.2, 0.25) is 0 Å². The average molecular weight is 478 g/mol. The largest absolute Gasteiger partial charge is 0.496 e. The van der Waals surface area contributed by atoms with Crippen LogP contribution in [-0.4, -0.2) is 49.2 Å². The smallest absolute Gasteiger partial charge is 0.274 e. The van der Waals surface area contributed by atoms with Crippen LogP contribution in [0.25, 0.3) is 11.4 Å². The number of hydrazine groups is 1. The molecule has 35 heavy (non-hydrogen) atoms. The summed E-state index contributed by atoms with van der Waals surface area (Å²) in [6, 6.07) is 8.04. The molecular formula is C25H28FN7O2. The number of nitrogens with two attached hydrogens (primary N) is 1. The van der Waals surface area contributed by atoms with E-state index >= 15 is 0 Å². The Labute approximate surface area is 203 Å². The van der Waals surface area contributed by atoms with E-state index in [4.69, 9.17) is 10.5 Å². The van der Waals surface area contributed by atoms with Gasteiger partial charge in [0.2, 0.25) is 0 Å². The first-order chi connectivity index (χ1) is 16.9. The standard InChI is InChI=1S/C25H28FN7O2/c1-14-11-19(23(33-10-8-15(27)13-33)16-12-29-32(2)22(14)16)31-25(34)18-7-9-28-24(30-18)21-17(26)5-4-6-20(21)35-3/h4-7,9,11,15,29H,8,10,12-13,27H2,1-3H3,(H,31,34). The molecular weight excluding hydrogens is 449 g/mol. The molecule has 0 aliphatic carbocycles. The van der Waals surface area contributed by atoms with Crippen LogP contribution in [0, 0.1) is 12.7 Å². The third-order valence-corrected chi connectivity index (χ3v) is 6.49. The van der Waals surface area contributed by atoms with Crippen LogP contribution < -0.4 is 31.1 Å². The van der Waals surface area contributed by atoms with Crippen LogP contribution in [-0.2, 0) is 6.54 Å². The Balaban J connectivity index is 1.52. The van der Waals surface area contributed by atoms with Crippen LogP contribution >= 0.6 is 0 Å². The molecule has 1 fully saturated rings. The topological polar surface area (TPSA) is 109 Å². The van der Waals surface area contributed by atoms with Gasteiger partial charge >= 0.3 is 0 Å². The zero-order valence-corrected chi connectivity index (χ0v) is 19.9. The first-order valence-corrected chi connectivity index (χ1v) is 11.5. The molecule has 3 aromatic rings. The molecule has 0 bridgehead atoms.